The van der Waals surface area contributed by atoms with E-state index in [1.807, 2.05) is 6.07 Å². The van der Waals surface area contributed by atoms with Gasteiger partial charge in [-0.25, -0.2) is 18.5 Å². The molecule has 1 saturated carbocycles. The van der Waals surface area contributed by atoms with E-state index in [0.717, 1.165) is 28.8 Å². The van der Waals surface area contributed by atoms with Crippen LogP contribution in [0.1, 0.15) is 35.6 Å². The number of carbonyl (C=O) groups excluding carboxylic acids is 1. The van der Waals surface area contributed by atoms with Crippen molar-refractivity contribution in [3.8, 4) is 6.07 Å². The molecule has 12 heteroatoms. The van der Waals surface area contributed by atoms with Gasteiger partial charge in [0.25, 0.3) is 0 Å². The number of thioether (sulfide) groups is 1. The number of benzene rings is 2. The minimum Gasteiger partial charge on any atom is -0.465 e. The first kappa shape index (κ1) is 32.4. The summed E-state index contributed by atoms with van der Waals surface area (Å²) in [4.78, 5) is 33.1. The minimum atomic E-state index is -1.42. The topological polar surface area (TPSA) is 106 Å². The fourth-order valence-electron chi connectivity index (χ4n) is 5.17. The number of hydrogen-bond acceptors (Lipinski definition) is 6. The van der Waals surface area contributed by atoms with Crippen molar-refractivity contribution in [1.82, 2.24) is 9.80 Å². The Kier molecular flexibility index (Phi) is 9.20. The molecule has 0 aromatic heterocycles. The second kappa shape index (κ2) is 12.2. The summed E-state index contributed by atoms with van der Waals surface area (Å²) in [6, 6.07) is 13.1. The molecule has 2 aromatic rings. The van der Waals surface area contributed by atoms with Crippen LogP contribution in [0.15, 0.2) is 47.5 Å². The molecule has 1 heterocycles. The quantitative estimate of drug-likeness (QED) is 0.145. The molecule has 1 fully saturated rings. The lowest BCUT2D eigenvalue weighted by Crippen LogP contribution is -2.47. The number of ether oxygens (including phenoxy) is 1. The number of amides is 2. The van der Waals surface area contributed by atoms with Crippen LogP contribution in [0.5, 0.6) is 0 Å². The Balaban J connectivity index is 1.75. The van der Waals surface area contributed by atoms with Crippen LogP contribution >= 0.6 is 11.8 Å². The third-order valence-corrected chi connectivity index (χ3v) is 10.9. The van der Waals surface area contributed by atoms with Gasteiger partial charge in [-0.1, -0.05) is 43.5 Å². The number of fused-ring (bicyclic) bond motifs is 1. The van der Waals surface area contributed by atoms with E-state index in [0.29, 0.717) is 24.2 Å². The zero-order valence-corrected chi connectivity index (χ0v) is 27.0. The van der Waals surface area contributed by atoms with Gasteiger partial charge in [0.2, 0.25) is 5.91 Å². The molecule has 0 radical (unpaired) electrons. The van der Waals surface area contributed by atoms with Crippen molar-refractivity contribution in [2.75, 3.05) is 27.4 Å². The number of amidine groups is 1. The summed E-state index contributed by atoms with van der Waals surface area (Å²) in [7, 11) is 1.82. The summed E-state index contributed by atoms with van der Waals surface area (Å²) in [5.74, 6) is -1.95. The number of hydrogen-bond donors (Lipinski definition) is 1. The van der Waals surface area contributed by atoms with E-state index in [9.17, 15) is 14.7 Å². The highest BCUT2D eigenvalue weighted by molar-refractivity contribution is 8.16. The van der Waals surface area contributed by atoms with E-state index in [4.69, 9.17) is 15.0 Å². The van der Waals surface area contributed by atoms with Gasteiger partial charge in [-0.15, -0.1) is 0 Å². The predicted molar refractivity (Wildman–Crippen MR) is 167 cm³/mol. The lowest BCUT2D eigenvalue weighted by molar-refractivity contribution is -0.129. The molecule has 1 aliphatic carbocycles. The average molecular weight is 627 g/mol. The van der Waals surface area contributed by atoms with Gasteiger partial charge in [0.05, 0.1) is 17.2 Å². The first-order valence-electron chi connectivity index (χ1n) is 13.9. The molecular formula is C31H36F2N4O4SSi. The molecule has 0 bridgehead atoms. The molecule has 2 amide bonds. The summed E-state index contributed by atoms with van der Waals surface area (Å²) < 4.78 is 35.7. The summed E-state index contributed by atoms with van der Waals surface area (Å²) in [6.07, 6.45) is 0.321. The van der Waals surface area contributed by atoms with Crippen LogP contribution in [0.2, 0.25) is 25.7 Å². The monoisotopic (exact) mass is 626 g/mol. The number of nitrogens with zero attached hydrogens (tertiary/aromatic N) is 4. The lowest BCUT2D eigenvalue weighted by Gasteiger charge is -2.37. The molecule has 2 aromatic carbocycles. The van der Waals surface area contributed by atoms with Gasteiger partial charge in [-0.05, 0) is 61.4 Å². The molecule has 1 aliphatic heterocycles. The van der Waals surface area contributed by atoms with Gasteiger partial charge in [-0.2, -0.15) is 5.26 Å². The number of carbonyl (C=O) groups is 2. The third-order valence-electron chi connectivity index (χ3n) is 7.76. The van der Waals surface area contributed by atoms with Crippen molar-refractivity contribution >= 4 is 48.9 Å². The van der Waals surface area contributed by atoms with Gasteiger partial charge in [-0.3, -0.25) is 9.79 Å². The second-order valence-corrected chi connectivity index (χ2v) is 19.4. The van der Waals surface area contributed by atoms with E-state index in [2.05, 4.69) is 19.6 Å². The fourth-order valence-corrected chi connectivity index (χ4v) is 7.62. The van der Waals surface area contributed by atoms with E-state index in [-0.39, 0.29) is 28.9 Å². The third kappa shape index (κ3) is 6.84. The van der Waals surface area contributed by atoms with Crippen molar-refractivity contribution in [2.24, 2.45) is 10.9 Å². The van der Waals surface area contributed by atoms with Crippen molar-refractivity contribution in [3.05, 3.63) is 70.5 Å². The van der Waals surface area contributed by atoms with Crippen molar-refractivity contribution in [3.63, 3.8) is 0 Å². The first-order chi connectivity index (χ1) is 20.1. The fraction of sp³-hybridized carbons (Fsp3) is 0.419. The number of halogens is 2. The van der Waals surface area contributed by atoms with Crippen LogP contribution in [0.4, 0.5) is 13.6 Å². The number of nitriles is 1. The molecule has 228 valence electrons. The molecular weight excluding hydrogens is 591 g/mol. The Morgan fingerprint density at radius 1 is 1.23 bits per heavy atom. The maximum absolute atomic E-state index is 15.6. The van der Waals surface area contributed by atoms with Gasteiger partial charge >= 0.3 is 6.09 Å². The summed E-state index contributed by atoms with van der Waals surface area (Å²) in [5.41, 5.74) is -0.239. The second-order valence-electron chi connectivity index (χ2n) is 12.5. The largest absolute Gasteiger partial charge is 0.465 e. The highest BCUT2D eigenvalue weighted by Crippen LogP contribution is 2.67. The maximum atomic E-state index is 15.6. The molecule has 43 heavy (non-hydrogen) atoms. The molecule has 1 N–H and O–H groups in total. The highest BCUT2D eigenvalue weighted by Gasteiger charge is 2.71. The van der Waals surface area contributed by atoms with E-state index in [1.165, 1.54) is 23.1 Å². The molecule has 2 aliphatic rings. The van der Waals surface area contributed by atoms with Crippen molar-refractivity contribution in [1.29, 1.82) is 5.26 Å². The van der Waals surface area contributed by atoms with Crippen LogP contribution in [0, 0.1) is 23.1 Å². The van der Waals surface area contributed by atoms with E-state index in [1.54, 1.807) is 45.3 Å². The maximum Gasteiger partial charge on any atom is 0.415 e. The predicted octanol–water partition coefficient (Wildman–Crippen LogP) is 6.62. The van der Waals surface area contributed by atoms with Crippen LogP contribution in [-0.4, -0.2) is 72.3 Å². The van der Waals surface area contributed by atoms with Gasteiger partial charge in [0.15, 0.2) is 5.17 Å². The van der Waals surface area contributed by atoms with Crippen molar-refractivity contribution in [2.45, 2.75) is 49.3 Å². The average Bonchev–Trinajstić information content (AvgIpc) is 3.69. The molecule has 4 rings (SSSR count). The summed E-state index contributed by atoms with van der Waals surface area (Å²) in [6.45, 7) is 8.31. The first-order valence-corrected chi connectivity index (χ1v) is 18.4. The zero-order valence-electron chi connectivity index (χ0n) is 25.1. The highest BCUT2D eigenvalue weighted by atomic mass is 32.2. The van der Waals surface area contributed by atoms with Crippen LogP contribution in [-0.2, 0) is 15.1 Å². The van der Waals surface area contributed by atoms with Crippen LogP contribution in [0.3, 0.4) is 0 Å². The van der Waals surface area contributed by atoms with E-state index < -0.39 is 42.0 Å². The van der Waals surface area contributed by atoms with Gasteiger partial charge in [0, 0.05) is 45.8 Å². The number of carboxylic acid groups (broad SMARTS) is 1. The Morgan fingerprint density at radius 2 is 1.91 bits per heavy atom. The van der Waals surface area contributed by atoms with Crippen LogP contribution in [0.25, 0.3) is 11.9 Å². The smallest absolute Gasteiger partial charge is 0.415 e. The normalized spacial score (nSPS) is 23.1. The van der Waals surface area contributed by atoms with Crippen LogP contribution < -0.4 is 0 Å². The number of rotatable bonds is 9. The molecule has 0 spiro atoms. The molecule has 0 saturated heterocycles. The summed E-state index contributed by atoms with van der Waals surface area (Å²) in [5, 5.41) is 19.2. The zero-order chi connectivity index (χ0) is 31.7. The lowest BCUT2D eigenvalue weighted by atomic mass is 9.84. The summed E-state index contributed by atoms with van der Waals surface area (Å²) >= 11 is 1.06. The van der Waals surface area contributed by atoms with Gasteiger partial charge in [0.1, 0.15) is 23.1 Å². The Bertz CT molecular complexity index is 1520. The minimum absolute atomic E-state index is 0.0327. The van der Waals surface area contributed by atoms with Gasteiger partial charge < -0.3 is 14.7 Å². The molecule has 3 atom stereocenters. The number of aliphatic imine (C=N–C) groups is 1. The SMILES string of the molecule is CN(C)C(=O)[C@]12C[C@H]1[C@@](C)(c1cc(/C(F)=C/c3ccc(C#N)cc3)ccc1F)N=C(N(COCC[Si](C)(C)C)C(=O)O)S2. The molecule has 8 nitrogen and oxygen atoms in total. The van der Waals surface area contributed by atoms with E-state index >= 15 is 8.78 Å². The van der Waals surface area contributed by atoms with Crippen molar-refractivity contribution < 1.29 is 28.2 Å². The standard InChI is InChI=1S/C31H36F2N4O4SSi/c1-30(23-16-22(11-12-24(23)32)25(33)15-20-7-9-21(18-34)10-8-20)26-17-31(26,27(38)36(2)3)42-28(35-30)37(29(39)40)19-41-13-14-43(4,5)6/h7-12,15-16,26H,13-14,17,19H2,1-6H3,(H,39,40)/b25-15-/t26-,30+,31-/m0/s1. The Morgan fingerprint density at radius 3 is 2.49 bits per heavy atom. The molecule has 0 unspecified atom stereocenters. The Hall–Kier alpha value is -3.53. The Labute approximate surface area is 256 Å².